The molecule has 4 aromatic heterocycles. The van der Waals surface area contributed by atoms with Gasteiger partial charge in [-0.25, -0.2) is 14.8 Å². The Morgan fingerprint density at radius 1 is 0.664 bits per heavy atom. The van der Waals surface area contributed by atoms with Crippen molar-refractivity contribution in [3.63, 3.8) is 0 Å². The monoisotopic (exact) mass is 1960 g/mol. The van der Waals surface area contributed by atoms with Crippen molar-refractivity contribution in [3.8, 4) is 0 Å². The van der Waals surface area contributed by atoms with Gasteiger partial charge in [0, 0.05) is 16.5 Å². The Labute approximate surface area is 750 Å². The number of hydrogen-bond donors (Lipinski definition) is 11. The molecule has 12 N–H and O–H groups in total. The maximum atomic E-state index is 15.9. The molecule has 15 atom stereocenters. The Hall–Kier alpha value is -7.09. The number of fused-ring (bicyclic) bond motifs is 10. The number of primary amides is 1. The zero-order chi connectivity index (χ0) is 89.8. The number of amides is 9. The summed E-state index contributed by atoms with van der Waals surface area (Å²) in [5.41, 5.74) is 2.18. The number of hydrogen-bond acceptors (Lipinski definition) is 26. The average Bonchev–Trinajstić information content (AvgIpc) is 1.43. The fourth-order valence-corrected chi connectivity index (χ4v) is 28.0. The van der Waals surface area contributed by atoms with Gasteiger partial charge in [0.2, 0.25) is 17.7 Å². The summed E-state index contributed by atoms with van der Waals surface area (Å²) in [4.78, 5) is 163. The van der Waals surface area contributed by atoms with E-state index in [-0.39, 0.29) is 119 Å². The van der Waals surface area contributed by atoms with E-state index in [1.807, 2.05) is 93.8 Å². The number of thiazole rings is 4. The quantitative estimate of drug-likeness (QED) is 0.0143. The van der Waals surface area contributed by atoms with Gasteiger partial charge in [-0.15, -0.1) is 45.8 Å². The van der Waals surface area contributed by atoms with Gasteiger partial charge in [-0.3, -0.25) is 29.0 Å². The van der Waals surface area contributed by atoms with Crippen LogP contribution in [0, 0.1) is 0 Å². The van der Waals surface area contributed by atoms with Gasteiger partial charge >= 0.3 is 271 Å². The van der Waals surface area contributed by atoms with E-state index in [9.17, 15) is 29.4 Å². The van der Waals surface area contributed by atoms with Crippen LogP contribution in [0.5, 0.6) is 0 Å². The second-order valence-electron chi connectivity index (χ2n) is 33.9. The first kappa shape index (κ1) is 98.7. The van der Waals surface area contributed by atoms with Gasteiger partial charge < -0.3 is 54.8 Å². The first-order chi connectivity index (χ1) is 57.3. The second-order valence-corrected chi connectivity index (χ2v) is 57.3. The predicted molar refractivity (Wildman–Crippen MR) is 490 cm³/mol. The molecule has 664 valence electrons. The number of aliphatic hydroxyl groups is 2. The van der Waals surface area contributed by atoms with Crippen molar-refractivity contribution in [1.82, 2.24) is 62.5 Å². The van der Waals surface area contributed by atoms with Crippen molar-refractivity contribution in [2.24, 2.45) is 15.7 Å². The van der Waals surface area contributed by atoms with Crippen LogP contribution in [-0.2, 0) is 47.5 Å². The smallest absolute Gasteiger partial charge is 0.412 e. The normalized spacial score (nSPS) is 21.9. The van der Waals surface area contributed by atoms with E-state index in [0.717, 1.165) is 72.4 Å². The zero-order valence-corrected chi connectivity index (χ0v) is 83.1. The van der Waals surface area contributed by atoms with Crippen LogP contribution in [0.4, 0.5) is 4.79 Å². The molecule has 9 amide bonds. The molecular formula is C82H117N15O15S5Se2Si3. The van der Waals surface area contributed by atoms with Gasteiger partial charge in [-0.2, -0.15) is 0 Å². The van der Waals surface area contributed by atoms with Crippen molar-refractivity contribution in [1.29, 1.82) is 0 Å². The molecule has 122 heavy (non-hydrogen) atoms. The topological polar surface area (TPSA) is 430 Å². The third kappa shape index (κ3) is 24.4. The summed E-state index contributed by atoms with van der Waals surface area (Å²) in [6.07, 6.45) is -3.75. The summed E-state index contributed by atoms with van der Waals surface area (Å²) >= 11 is 4.75. The molecule has 2 aromatic carbocycles. The van der Waals surface area contributed by atoms with Crippen molar-refractivity contribution in [2.75, 3.05) is 12.4 Å². The number of carbonyl (C=O) groups is 9. The van der Waals surface area contributed by atoms with Gasteiger partial charge in [0.1, 0.15) is 69.9 Å². The number of alkyl carbamates (subject to hydrolysis) is 1. The fraction of sp³-hybridized carbons (Fsp3) is 0.549. The van der Waals surface area contributed by atoms with Crippen molar-refractivity contribution >= 4 is 185 Å². The van der Waals surface area contributed by atoms with Crippen LogP contribution in [0.2, 0.25) is 65.0 Å². The molecule has 0 aliphatic carbocycles. The first-order valence-electron chi connectivity index (χ1n) is 40.7. The number of thioether (sulfide) groups is 1. The van der Waals surface area contributed by atoms with Crippen molar-refractivity contribution in [3.05, 3.63) is 138 Å². The van der Waals surface area contributed by atoms with Crippen LogP contribution in [0.3, 0.4) is 0 Å². The SMILES string of the molecule is C=CCOC(=O)N[C@@H](C)C(=O)N[C@]12CCC(c3nc(C(=O)N[C@@H](C[Se]c4ccccc4)C(=O)N[C@@H](C[Se]c4ccccc4)C(N)=O)cs3)=N[C@@H]1c1csc(n1)[C@H]([C@@H](C)O)NC(=O)c1csc(n1)[C@H]([C@](C)(O)[C@@H](C)O[Si](C)(C)C(C)(C)C)NC(=O)[C@H]1CSC(=N1)[C@H]([C@@H](C)O[Si](CC)(CC)CC)NC(=O)[C@H]([C@@H](C)O[Si](C)(C)C(C)(C)C)NC(=O)c1csc2n1. The Kier molecular flexibility index (Phi) is 34.0. The zero-order valence-electron chi connectivity index (χ0n) is 72.6. The minimum absolute atomic E-state index is 0.0165. The molecule has 0 radical (unpaired) electrons. The molecule has 9 rings (SSSR count). The van der Waals surface area contributed by atoms with E-state index >= 15 is 24.0 Å². The van der Waals surface area contributed by atoms with Crippen LogP contribution in [0.25, 0.3) is 0 Å². The molecule has 0 saturated heterocycles. The first-order valence-corrected chi connectivity index (χ1v) is 57.7. The number of aliphatic hydroxyl groups excluding tert-OH is 1. The Balaban J connectivity index is 1.21. The summed E-state index contributed by atoms with van der Waals surface area (Å²) in [6.45, 7) is 40.0. The van der Waals surface area contributed by atoms with E-state index < -0.39 is 168 Å². The van der Waals surface area contributed by atoms with Crippen molar-refractivity contribution in [2.45, 2.75) is 272 Å². The number of ether oxygens (including phenoxy) is 1. The molecule has 3 aliphatic rings. The molecule has 0 fully saturated rings. The summed E-state index contributed by atoms with van der Waals surface area (Å²) in [6, 6.07) is 10.2. The summed E-state index contributed by atoms with van der Waals surface area (Å²) < 4.78 is 28.3. The van der Waals surface area contributed by atoms with Crippen molar-refractivity contribution < 1.29 is 71.4 Å². The van der Waals surface area contributed by atoms with Gasteiger partial charge in [0.05, 0.1) is 29.5 Å². The molecule has 40 heteroatoms. The van der Waals surface area contributed by atoms with Crippen LogP contribution < -0.4 is 57.2 Å². The minimum atomic E-state index is -2.79. The van der Waals surface area contributed by atoms with E-state index in [2.05, 4.69) is 111 Å². The van der Waals surface area contributed by atoms with Crippen LogP contribution in [-0.4, -0.2) is 228 Å². The standard InChI is InChI=1S/C82H117N15O15S5Se2Si3/c1-21-37-109-78(107)84-45(5)66(100)97-82-36-35-52(73-89-54(39-113-73)67(101)87-59(44-119-51-33-29-26-30-34-51)71(105)86-58(65(83)99)43-118-50-31-27-25-28-32-50)85-63(82)53-38-114-74(88-53)60(46(6)98)93-68(102)55-41-116-76(91-55)64(81(16,108)49(9)112-121(19,20)80(13,14)15)96-70(104)56-40-115-75(90-56)62(48(8)111-122(22-2,23-3)24-4)95-72(106)61(47(7)110-120(17,18)79(10,11)12)94-69(103)57-42-117-77(82)92-57/h21,25-34,38-39,41-42,45-49,56,58-64,98,108H,1,22-24,35-37,40,43-44H2,2-20H3,(H2,83,99)(H,84,107)(H,86,105)(H,87,101)(H,93,102)(H,94,103)(H,95,106)(H,96,104)(H,97,100)/t45-,46+,47+,48+,49+,56+,58-,59-,60-,61-,62-,63+,64+,81+,82+/m0/s1. The van der Waals surface area contributed by atoms with Gasteiger partial charge in [0.15, 0.2) is 25.0 Å². The molecule has 3 aliphatic heterocycles. The van der Waals surface area contributed by atoms with E-state index in [1.54, 1.807) is 26.2 Å². The molecular weight excluding hydrogens is 1840 g/mol. The average molecular weight is 1960 g/mol. The fourth-order valence-electron chi connectivity index (χ4n) is 13.3. The van der Waals surface area contributed by atoms with E-state index in [0.29, 0.717) is 10.8 Å². The van der Waals surface area contributed by atoms with Gasteiger partial charge in [-0.1, -0.05) is 75.0 Å². The molecule has 8 bridgehead atoms. The Morgan fingerprint density at radius 3 is 1.83 bits per heavy atom. The predicted octanol–water partition coefficient (Wildman–Crippen LogP) is 9.22. The second kappa shape index (κ2) is 42.0. The molecule has 7 heterocycles. The van der Waals surface area contributed by atoms with E-state index in [4.69, 9.17) is 53.7 Å². The number of aromatic nitrogens is 4. The molecule has 30 nitrogen and oxygen atoms in total. The third-order valence-electron chi connectivity index (χ3n) is 23.1. The van der Waals surface area contributed by atoms with Crippen LogP contribution in [0.15, 0.2) is 105 Å². The Bertz CT molecular complexity index is 4760. The number of rotatable bonds is 31. The number of aliphatic imine (C=N–C) groups is 2. The molecule has 0 saturated carbocycles. The summed E-state index contributed by atoms with van der Waals surface area (Å²) in [5, 5.41) is 55.5. The van der Waals surface area contributed by atoms with Gasteiger partial charge in [-0.05, 0) is 95.9 Å². The maximum absolute atomic E-state index is 15.9. The van der Waals surface area contributed by atoms with E-state index in [1.165, 1.54) is 47.8 Å². The molecule has 0 spiro atoms. The summed E-state index contributed by atoms with van der Waals surface area (Å²) in [5.74, 6) is -5.61. The number of nitrogens with zero attached hydrogens (tertiary/aromatic N) is 6. The molecule has 6 aromatic rings. The Morgan fingerprint density at radius 2 is 1.24 bits per heavy atom. The number of carbonyl (C=O) groups excluding carboxylic acids is 9. The summed E-state index contributed by atoms with van der Waals surface area (Å²) in [7, 11) is -7.93. The number of nitrogens with two attached hydrogens (primary N) is 1. The van der Waals surface area contributed by atoms with Crippen LogP contribution in [0.1, 0.15) is 192 Å². The number of nitrogens with one attached hydrogen (secondary N) is 8. The van der Waals surface area contributed by atoms with Crippen LogP contribution >= 0.6 is 57.1 Å². The van der Waals surface area contributed by atoms with Gasteiger partial charge in [0.25, 0.3) is 11.8 Å². The molecule has 0 unspecified atom stereocenters. The minimum Gasteiger partial charge on any atom is -0.412 e. The third-order valence-corrected chi connectivity index (χ3v) is 46.6. The number of benzene rings is 2.